The Morgan fingerprint density at radius 1 is 1.25 bits per heavy atom. The molecule has 0 radical (unpaired) electrons. The number of nitrogens with one attached hydrogen (secondary N) is 1. The summed E-state index contributed by atoms with van der Waals surface area (Å²) in [5.41, 5.74) is 2.13. The molecule has 0 bridgehead atoms. The standard InChI is InChI=1S/C12H12ClN7/c1-7(2)11-17-18-12-9(5-10(13)19-20(11)12)16-8-3-4-14-15-6-8/h3-7H,1-2H3,(H,14,16). The number of hydrogen-bond acceptors (Lipinski definition) is 6. The van der Waals surface area contributed by atoms with E-state index < -0.39 is 0 Å². The summed E-state index contributed by atoms with van der Waals surface area (Å²) in [5.74, 6) is 0.963. The van der Waals surface area contributed by atoms with Crippen molar-refractivity contribution in [1.82, 2.24) is 30.0 Å². The Morgan fingerprint density at radius 2 is 2.10 bits per heavy atom. The van der Waals surface area contributed by atoms with Gasteiger partial charge in [0, 0.05) is 12.0 Å². The van der Waals surface area contributed by atoms with Crippen LogP contribution in [0.3, 0.4) is 0 Å². The topological polar surface area (TPSA) is 80.9 Å². The van der Waals surface area contributed by atoms with Crippen molar-refractivity contribution in [3.8, 4) is 0 Å². The van der Waals surface area contributed by atoms with Crippen LogP contribution in [-0.4, -0.2) is 30.0 Å². The lowest BCUT2D eigenvalue weighted by molar-refractivity contribution is 0.721. The van der Waals surface area contributed by atoms with Crippen molar-refractivity contribution in [1.29, 1.82) is 0 Å². The van der Waals surface area contributed by atoms with Gasteiger partial charge in [-0.25, -0.2) is 0 Å². The van der Waals surface area contributed by atoms with Crippen LogP contribution in [-0.2, 0) is 0 Å². The van der Waals surface area contributed by atoms with E-state index in [0.717, 1.165) is 17.2 Å². The fourth-order valence-corrected chi connectivity index (χ4v) is 2.02. The molecule has 7 nitrogen and oxygen atoms in total. The number of hydrogen-bond donors (Lipinski definition) is 1. The van der Waals surface area contributed by atoms with Gasteiger partial charge in [-0.15, -0.1) is 10.2 Å². The molecular weight excluding hydrogens is 278 g/mol. The molecule has 0 amide bonds. The van der Waals surface area contributed by atoms with Gasteiger partial charge >= 0.3 is 0 Å². The predicted molar refractivity (Wildman–Crippen MR) is 75.2 cm³/mol. The molecule has 0 saturated carbocycles. The number of rotatable bonds is 3. The average molecular weight is 290 g/mol. The Labute approximate surface area is 120 Å². The molecule has 0 aliphatic rings. The molecule has 3 aromatic rings. The summed E-state index contributed by atoms with van der Waals surface area (Å²) in [4.78, 5) is 0. The SMILES string of the molecule is CC(C)c1nnc2c(Nc3ccnnc3)cc(Cl)nn12. The molecule has 20 heavy (non-hydrogen) atoms. The van der Waals surface area contributed by atoms with Crippen LogP contribution < -0.4 is 5.32 Å². The summed E-state index contributed by atoms with van der Waals surface area (Å²) in [6.45, 7) is 4.05. The zero-order chi connectivity index (χ0) is 14.1. The number of nitrogens with zero attached hydrogens (tertiary/aromatic N) is 6. The fraction of sp³-hybridized carbons (Fsp3) is 0.250. The van der Waals surface area contributed by atoms with Gasteiger partial charge in [-0.05, 0) is 6.07 Å². The maximum atomic E-state index is 6.07. The van der Waals surface area contributed by atoms with Gasteiger partial charge in [0.1, 0.15) is 0 Å². The van der Waals surface area contributed by atoms with E-state index in [9.17, 15) is 0 Å². The molecule has 0 aliphatic carbocycles. The zero-order valence-corrected chi connectivity index (χ0v) is 11.7. The van der Waals surface area contributed by atoms with Gasteiger partial charge < -0.3 is 5.32 Å². The molecule has 0 spiro atoms. The van der Waals surface area contributed by atoms with Crippen LogP contribution in [0.1, 0.15) is 25.6 Å². The first kappa shape index (κ1) is 12.7. The third-order valence-electron chi connectivity index (χ3n) is 2.74. The second-order valence-electron chi connectivity index (χ2n) is 4.59. The number of fused-ring (bicyclic) bond motifs is 1. The lowest BCUT2D eigenvalue weighted by Gasteiger charge is -2.08. The van der Waals surface area contributed by atoms with Gasteiger partial charge in [-0.3, -0.25) is 0 Å². The minimum atomic E-state index is 0.200. The third kappa shape index (κ3) is 2.27. The lowest BCUT2D eigenvalue weighted by atomic mass is 10.2. The Kier molecular flexibility index (Phi) is 3.19. The first-order chi connectivity index (χ1) is 9.65. The summed E-state index contributed by atoms with van der Waals surface area (Å²) in [7, 11) is 0. The summed E-state index contributed by atoms with van der Waals surface area (Å²) >= 11 is 6.07. The Hall–Kier alpha value is -2.28. The average Bonchev–Trinajstić information content (AvgIpc) is 2.83. The highest BCUT2D eigenvalue weighted by Crippen LogP contribution is 2.24. The van der Waals surface area contributed by atoms with Crippen LogP contribution in [0.15, 0.2) is 24.5 Å². The molecule has 0 fully saturated rings. The Morgan fingerprint density at radius 3 is 2.80 bits per heavy atom. The van der Waals surface area contributed by atoms with Gasteiger partial charge in [0.25, 0.3) is 0 Å². The maximum Gasteiger partial charge on any atom is 0.201 e. The molecule has 102 valence electrons. The molecule has 0 unspecified atom stereocenters. The van der Waals surface area contributed by atoms with Crippen LogP contribution in [0.4, 0.5) is 11.4 Å². The number of halogens is 1. The smallest absolute Gasteiger partial charge is 0.201 e. The van der Waals surface area contributed by atoms with Crippen molar-refractivity contribution in [2.24, 2.45) is 0 Å². The quantitative estimate of drug-likeness (QED) is 0.797. The van der Waals surface area contributed by atoms with E-state index in [4.69, 9.17) is 11.6 Å². The summed E-state index contributed by atoms with van der Waals surface area (Å²) in [5, 5.41) is 23.7. The molecule has 3 heterocycles. The van der Waals surface area contributed by atoms with E-state index >= 15 is 0 Å². The van der Waals surface area contributed by atoms with Crippen molar-refractivity contribution in [3.05, 3.63) is 35.5 Å². The molecule has 0 aromatic carbocycles. The molecular formula is C12H12ClN7. The Balaban J connectivity index is 2.11. The second-order valence-corrected chi connectivity index (χ2v) is 4.97. The van der Waals surface area contributed by atoms with Crippen molar-refractivity contribution < 1.29 is 0 Å². The molecule has 0 atom stereocenters. The molecule has 3 rings (SSSR count). The maximum absolute atomic E-state index is 6.07. The van der Waals surface area contributed by atoms with E-state index in [1.807, 2.05) is 13.8 Å². The van der Waals surface area contributed by atoms with E-state index in [1.165, 1.54) is 0 Å². The van der Waals surface area contributed by atoms with Crippen LogP contribution in [0.2, 0.25) is 5.15 Å². The van der Waals surface area contributed by atoms with E-state index in [1.54, 1.807) is 29.0 Å². The monoisotopic (exact) mass is 289 g/mol. The van der Waals surface area contributed by atoms with Gasteiger partial charge in [0.05, 0.1) is 23.8 Å². The summed E-state index contributed by atoms with van der Waals surface area (Å²) < 4.78 is 1.66. The van der Waals surface area contributed by atoms with Crippen LogP contribution in [0.25, 0.3) is 5.65 Å². The summed E-state index contributed by atoms with van der Waals surface area (Å²) in [6.07, 6.45) is 3.22. The lowest BCUT2D eigenvalue weighted by Crippen LogP contribution is -2.03. The van der Waals surface area contributed by atoms with Crippen LogP contribution >= 0.6 is 11.6 Å². The second kappa shape index (κ2) is 5.01. The first-order valence-corrected chi connectivity index (χ1v) is 6.48. The first-order valence-electron chi connectivity index (χ1n) is 6.10. The van der Waals surface area contributed by atoms with Crippen molar-refractivity contribution in [2.75, 3.05) is 5.32 Å². The normalized spacial score (nSPS) is 11.2. The van der Waals surface area contributed by atoms with Crippen molar-refractivity contribution in [2.45, 2.75) is 19.8 Å². The molecule has 0 saturated heterocycles. The van der Waals surface area contributed by atoms with Gasteiger partial charge in [-0.1, -0.05) is 25.4 Å². The van der Waals surface area contributed by atoms with Crippen LogP contribution in [0.5, 0.6) is 0 Å². The van der Waals surface area contributed by atoms with Crippen molar-refractivity contribution in [3.63, 3.8) is 0 Å². The highest BCUT2D eigenvalue weighted by molar-refractivity contribution is 6.29. The summed E-state index contributed by atoms with van der Waals surface area (Å²) in [6, 6.07) is 3.51. The fourth-order valence-electron chi connectivity index (χ4n) is 1.84. The number of aromatic nitrogens is 6. The zero-order valence-electron chi connectivity index (χ0n) is 10.9. The molecule has 8 heteroatoms. The van der Waals surface area contributed by atoms with E-state index in [2.05, 4.69) is 30.8 Å². The van der Waals surface area contributed by atoms with Gasteiger partial charge in [-0.2, -0.15) is 19.8 Å². The Bertz CT molecular complexity index is 738. The number of anilines is 2. The van der Waals surface area contributed by atoms with Crippen LogP contribution in [0, 0.1) is 0 Å². The van der Waals surface area contributed by atoms with Gasteiger partial charge in [0.15, 0.2) is 11.0 Å². The van der Waals surface area contributed by atoms with Crippen molar-refractivity contribution >= 4 is 28.6 Å². The molecule has 0 aliphatic heterocycles. The molecule has 1 N–H and O–H groups in total. The minimum Gasteiger partial charge on any atom is -0.351 e. The highest BCUT2D eigenvalue weighted by Gasteiger charge is 2.15. The minimum absolute atomic E-state index is 0.200. The van der Waals surface area contributed by atoms with E-state index in [0.29, 0.717) is 10.8 Å². The third-order valence-corrected chi connectivity index (χ3v) is 2.93. The van der Waals surface area contributed by atoms with Gasteiger partial charge in [0.2, 0.25) is 5.65 Å². The molecule has 3 aromatic heterocycles. The predicted octanol–water partition coefficient (Wildman–Crippen LogP) is 2.43. The van der Waals surface area contributed by atoms with E-state index in [-0.39, 0.29) is 5.92 Å². The largest absolute Gasteiger partial charge is 0.351 e. The highest BCUT2D eigenvalue weighted by atomic mass is 35.5.